The van der Waals surface area contributed by atoms with Crippen LogP contribution in [0, 0.1) is 12.8 Å². The second-order valence-corrected chi connectivity index (χ2v) is 9.25. The third-order valence-corrected chi connectivity index (χ3v) is 6.09. The molecule has 2 fully saturated rings. The molecule has 1 aliphatic carbocycles. The van der Waals surface area contributed by atoms with E-state index in [1.165, 1.54) is 10.6 Å². The van der Waals surface area contributed by atoms with Crippen LogP contribution in [0.1, 0.15) is 54.7 Å². The van der Waals surface area contributed by atoms with E-state index < -0.39 is 11.5 Å². The minimum Gasteiger partial charge on any atom is -0.494 e. The van der Waals surface area contributed by atoms with Gasteiger partial charge in [-0.05, 0) is 38.2 Å². The van der Waals surface area contributed by atoms with E-state index in [0.717, 1.165) is 23.8 Å². The summed E-state index contributed by atoms with van der Waals surface area (Å²) in [5, 5.41) is 18.1. The van der Waals surface area contributed by atoms with Gasteiger partial charge in [-0.25, -0.2) is 0 Å². The lowest BCUT2D eigenvalue weighted by Crippen LogP contribution is -2.34. The van der Waals surface area contributed by atoms with E-state index in [1.54, 1.807) is 25.0 Å². The Morgan fingerprint density at radius 3 is 2.64 bits per heavy atom. The fourth-order valence-electron chi connectivity index (χ4n) is 4.16. The number of aryl methyl sites for hydroxylation is 1. The number of carbonyl (C=O) groups excluding carboxylic acids is 2. The predicted molar refractivity (Wildman–Crippen MR) is 122 cm³/mol. The first-order valence-corrected chi connectivity index (χ1v) is 11.4. The summed E-state index contributed by atoms with van der Waals surface area (Å²) in [4.78, 5) is 40.3. The van der Waals surface area contributed by atoms with E-state index >= 15 is 0 Å². The van der Waals surface area contributed by atoms with Crippen LogP contribution in [-0.2, 0) is 16.1 Å². The van der Waals surface area contributed by atoms with Gasteiger partial charge in [-0.3, -0.25) is 19.0 Å². The van der Waals surface area contributed by atoms with Crippen molar-refractivity contribution in [1.82, 2.24) is 24.4 Å². The maximum absolute atomic E-state index is 13.2. The summed E-state index contributed by atoms with van der Waals surface area (Å²) in [7, 11) is 1.64. The van der Waals surface area contributed by atoms with E-state index in [9.17, 15) is 19.5 Å². The van der Waals surface area contributed by atoms with Crippen LogP contribution in [0.2, 0.25) is 0 Å². The monoisotopic (exact) mass is 457 g/mol. The topological polar surface area (TPSA) is 118 Å². The molecule has 1 unspecified atom stereocenters. The van der Waals surface area contributed by atoms with Crippen LogP contribution >= 0.6 is 0 Å². The van der Waals surface area contributed by atoms with Crippen LogP contribution < -0.4 is 10.9 Å². The normalized spacial score (nSPS) is 18.7. The third-order valence-electron chi connectivity index (χ3n) is 6.09. The maximum Gasteiger partial charge on any atom is 0.291 e. The molecule has 0 radical (unpaired) electrons. The minimum atomic E-state index is -0.683. The highest BCUT2D eigenvalue weighted by Gasteiger charge is 2.30. The highest BCUT2D eigenvalue weighted by atomic mass is 16.5. The molecular weight excluding hydrogens is 426 g/mol. The van der Waals surface area contributed by atoms with Crippen molar-refractivity contribution in [3.63, 3.8) is 0 Å². The number of carbonyl (C=O) groups is 2. The number of methoxy groups -OCH3 is 1. The fourth-order valence-corrected chi connectivity index (χ4v) is 4.16. The quantitative estimate of drug-likeness (QED) is 0.606. The zero-order chi connectivity index (χ0) is 23.9. The lowest BCUT2D eigenvalue weighted by atomic mass is 10.1. The summed E-state index contributed by atoms with van der Waals surface area (Å²) in [5.41, 5.74) is 0.424. The van der Waals surface area contributed by atoms with Gasteiger partial charge in [-0.1, -0.05) is 13.8 Å². The molecule has 178 valence electrons. The van der Waals surface area contributed by atoms with Gasteiger partial charge >= 0.3 is 0 Å². The number of nitrogens with zero attached hydrogens (tertiary/aromatic N) is 4. The summed E-state index contributed by atoms with van der Waals surface area (Å²) in [5.74, 6) is -1.02. The van der Waals surface area contributed by atoms with Crippen molar-refractivity contribution in [3.05, 3.63) is 33.3 Å². The molecule has 2 N–H and O–H groups in total. The molecular formula is C23H31N5O5. The first-order valence-electron chi connectivity index (χ1n) is 11.4. The maximum atomic E-state index is 13.2. The Kier molecular flexibility index (Phi) is 6.29. The average Bonchev–Trinajstić information content (AvgIpc) is 3.32. The lowest BCUT2D eigenvalue weighted by Gasteiger charge is -2.17. The number of ether oxygens (including phenoxy) is 1. The molecule has 1 saturated heterocycles. The van der Waals surface area contributed by atoms with Gasteiger partial charge in [0.2, 0.25) is 11.8 Å². The Morgan fingerprint density at radius 1 is 1.30 bits per heavy atom. The fraction of sp³-hybridized carbons (Fsp3) is 0.565. The van der Waals surface area contributed by atoms with Crippen LogP contribution in [0.4, 0.5) is 0 Å². The molecule has 0 spiro atoms. The van der Waals surface area contributed by atoms with Crippen LogP contribution in [0.5, 0.6) is 5.88 Å². The molecule has 2 aromatic rings. The van der Waals surface area contributed by atoms with Gasteiger partial charge in [-0.15, -0.1) is 0 Å². The third kappa shape index (κ3) is 4.52. The van der Waals surface area contributed by atoms with Crippen molar-refractivity contribution in [3.8, 4) is 5.88 Å². The molecule has 2 aliphatic rings. The molecule has 2 amide bonds. The Morgan fingerprint density at radius 2 is 2.03 bits per heavy atom. The SMILES string of the molecule is COC1CCN(C(=O)C=Cc2c(C)nn3c(=O)c(C(=O)NC4CC4)c(O)n(CC(C)C)c23)C1. The van der Waals surface area contributed by atoms with Crippen LogP contribution in [0.15, 0.2) is 10.9 Å². The number of aromatic hydroxyl groups is 1. The van der Waals surface area contributed by atoms with Crippen LogP contribution in [0.25, 0.3) is 11.7 Å². The minimum absolute atomic E-state index is 0.0365. The van der Waals surface area contributed by atoms with Gasteiger partial charge in [0.25, 0.3) is 11.5 Å². The summed E-state index contributed by atoms with van der Waals surface area (Å²) in [6.07, 6.45) is 5.63. The summed E-state index contributed by atoms with van der Waals surface area (Å²) >= 11 is 0. The number of fused-ring (bicyclic) bond motifs is 1. The van der Waals surface area contributed by atoms with Crippen molar-refractivity contribution in [2.24, 2.45) is 5.92 Å². The Balaban J connectivity index is 1.77. The largest absolute Gasteiger partial charge is 0.494 e. The van der Waals surface area contributed by atoms with Gasteiger partial charge in [0.05, 0.1) is 11.8 Å². The molecule has 1 atom stereocenters. The van der Waals surface area contributed by atoms with Gasteiger partial charge in [0.1, 0.15) is 5.65 Å². The van der Waals surface area contributed by atoms with E-state index in [1.807, 2.05) is 13.8 Å². The number of hydrogen-bond donors (Lipinski definition) is 2. The van der Waals surface area contributed by atoms with Crippen molar-refractivity contribution >= 4 is 23.5 Å². The first-order chi connectivity index (χ1) is 15.7. The molecule has 1 aliphatic heterocycles. The number of aromatic nitrogens is 3. The molecule has 2 aromatic heterocycles. The van der Waals surface area contributed by atoms with Gasteiger partial charge in [0.15, 0.2) is 5.56 Å². The van der Waals surface area contributed by atoms with E-state index in [2.05, 4.69) is 10.4 Å². The highest BCUT2D eigenvalue weighted by Crippen LogP contribution is 2.26. The smallest absolute Gasteiger partial charge is 0.291 e. The second-order valence-electron chi connectivity index (χ2n) is 9.25. The zero-order valence-corrected chi connectivity index (χ0v) is 19.5. The molecule has 1 saturated carbocycles. The highest BCUT2D eigenvalue weighted by molar-refractivity contribution is 5.97. The summed E-state index contributed by atoms with van der Waals surface area (Å²) in [6, 6.07) is 0.0395. The predicted octanol–water partition coefficient (Wildman–Crippen LogP) is 1.32. The number of likely N-dealkylation sites (tertiary alicyclic amines) is 1. The molecule has 3 heterocycles. The summed E-state index contributed by atoms with van der Waals surface area (Å²) in [6.45, 7) is 7.19. The first kappa shape index (κ1) is 23.0. The van der Waals surface area contributed by atoms with Crippen molar-refractivity contribution in [1.29, 1.82) is 0 Å². The standard InChI is InChI=1S/C23H31N5O5/c1-13(2)11-27-21-17(7-8-18(29)26-10-9-16(12-26)33-4)14(3)25-28(21)23(32)19(22(27)31)20(30)24-15-5-6-15/h7-8,13,15-16,31H,5-6,9-12H2,1-4H3,(H,24,30). The zero-order valence-electron chi connectivity index (χ0n) is 19.5. The number of rotatable bonds is 7. The Labute approximate surface area is 191 Å². The lowest BCUT2D eigenvalue weighted by molar-refractivity contribution is -0.125. The van der Waals surface area contributed by atoms with Crippen molar-refractivity contribution in [2.45, 2.75) is 58.7 Å². The Hall–Kier alpha value is -3.14. The van der Waals surface area contributed by atoms with Gasteiger partial charge in [-0.2, -0.15) is 9.61 Å². The second kappa shape index (κ2) is 9.01. The van der Waals surface area contributed by atoms with E-state index in [-0.39, 0.29) is 35.4 Å². The molecule has 0 aromatic carbocycles. The number of nitrogens with one attached hydrogen (secondary N) is 1. The molecule has 0 bridgehead atoms. The molecule has 10 nitrogen and oxygen atoms in total. The molecule has 4 rings (SSSR count). The number of hydrogen-bond acceptors (Lipinski definition) is 6. The van der Waals surface area contributed by atoms with Gasteiger partial charge < -0.3 is 20.1 Å². The average molecular weight is 458 g/mol. The van der Waals surface area contributed by atoms with Crippen LogP contribution in [0.3, 0.4) is 0 Å². The van der Waals surface area contributed by atoms with E-state index in [0.29, 0.717) is 36.5 Å². The Bertz CT molecular complexity index is 1170. The van der Waals surface area contributed by atoms with Crippen molar-refractivity contribution in [2.75, 3.05) is 20.2 Å². The molecule has 10 heteroatoms. The van der Waals surface area contributed by atoms with Gasteiger partial charge in [0, 0.05) is 44.4 Å². The van der Waals surface area contributed by atoms with Crippen LogP contribution in [-0.4, -0.2) is 68.3 Å². The van der Waals surface area contributed by atoms with E-state index in [4.69, 9.17) is 4.74 Å². The van der Waals surface area contributed by atoms with Crippen molar-refractivity contribution < 1.29 is 19.4 Å². The summed E-state index contributed by atoms with van der Waals surface area (Å²) < 4.78 is 8.02. The number of amides is 2. The molecule has 33 heavy (non-hydrogen) atoms.